The summed E-state index contributed by atoms with van der Waals surface area (Å²) in [6.07, 6.45) is -1.39. The van der Waals surface area contributed by atoms with Gasteiger partial charge in [0.05, 0.1) is 10.1 Å². The molecule has 0 aliphatic heterocycles. The van der Waals surface area contributed by atoms with Gasteiger partial charge in [0.25, 0.3) is 0 Å². The van der Waals surface area contributed by atoms with Crippen LogP contribution in [0.15, 0.2) is 29.2 Å². The standard InChI is InChI=1S/C15H18F3NO4S/c16-15(17,18)10-23-9-14(20)19-11-5-7-13(8-6-11)24(21,22)12-3-1-2-4-12/h5-8,12H,1-4,9-10H2,(H,19,20). The number of ether oxygens (including phenoxy) is 1. The molecule has 1 fully saturated rings. The number of anilines is 1. The Labute approximate surface area is 138 Å². The molecule has 0 atom stereocenters. The van der Waals surface area contributed by atoms with Crippen LogP contribution in [0.25, 0.3) is 0 Å². The Morgan fingerprint density at radius 1 is 1.17 bits per heavy atom. The number of carbonyl (C=O) groups is 1. The first-order valence-electron chi connectivity index (χ1n) is 7.47. The maximum Gasteiger partial charge on any atom is 0.411 e. The summed E-state index contributed by atoms with van der Waals surface area (Å²) in [4.78, 5) is 11.6. The topological polar surface area (TPSA) is 72.5 Å². The van der Waals surface area contributed by atoms with E-state index >= 15 is 0 Å². The van der Waals surface area contributed by atoms with Crippen molar-refractivity contribution in [1.82, 2.24) is 0 Å². The maximum absolute atomic E-state index is 12.4. The molecule has 1 saturated carbocycles. The van der Waals surface area contributed by atoms with Gasteiger partial charge in [-0.05, 0) is 37.1 Å². The molecule has 24 heavy (non-hydrogen) atoms. The molecule has 0 aromatic heterocycles. The van der Waals surface area contributed by atoms with Crippen molar-refractivity contribution in [2.75, 3.05) is 18.5 Å². The average molecular weight is 365 g/mol. The molecule has 0 heterocycles. The molecular weight excluding hydrogens is 347 g/mol. The summed E-state index contributed by atoms with van der Waals surface area (Å²) in [5.74, 6) is -0.745. The highest BCUT2D eigenvalue weighted by atomic mass is 32.2. The normalized spacial score (nSPS) is 16.3. The predicted octanol–water partition coefficient (Wildman–Crippen LogP) is 2.92. The Bertz CT molecular complexity index is 665. The number of amides is 1. The zero-order valence-electron chi connectivity index (χ0n) is 12.8. The van der Waals surface area contributed by atoms with Gasteiger partial charge in [0, 0.05) is 5.69 Å². The van der Waals surface area contributed by atoms with Gasteiger partial charge in [-0.1, -0.05) is 12.8 Å². The Kier molecular flexibility index (Phi) is 5.87. The molecule has 0 unspecified atom stereocenters. The fraction of sp³-hybridized carbons (Fsp3) is 0.533. The minimum Gasteiger partial charge on any atom is -0.362 e. The third kappa shape index (κ3) is 5.20. The number of halogens is 3. The second kappa shape index (κ2) is 7.52. The zero-order valence-corrected chi connectivity index (χ0v) is 13.6. The van der Waals surface area contributed by atoms with Gasteiger partial charge >= 0.3 is 6.18 Å². The van der Waals surface area contributed by atoms with Crippen LogP contribution in [0.2, 0.25) is 0 Å². The van der Waals surface area contributed by atoms with Crippen LogP contribution in [0.4, 0.5) is 18.9 Å². The largest absolute Gasteiger partial charge is 0.411 e. The first kappa shape index (κ1) is 18.7. The third-order valence-electron chi connectivity index (χ3n) is 3.71. The lowest BCUT2D eigenvalue weighted by Gasteiger charge is -2.12. The van der Waals surface area contributed by atoms with E-state index in [1.54, 1.807) is 0 Å². The maximum atomic E-state index is 12.4. The van der Waals surface area contributed by atoms with Crippen molar-refractivity contribution in [3.05, 3.63) is 24.3 Å². The number of sulfone groups is 1. The van der Waals surface area contributed by atoms with Crippen LogP contribution in [-0.2, 0) is 19.4 Å². The van der Waals surface area contributed by atoms with Gasteiger partial charge in [-0.2, -0.15) is 13.2 Å². The molecule has 0 radical (unpaired) electrons. The second-order valence-electron chi connectivity index (χ2n) is 5.63. The molecule has 1 aromatic carbocycles. The summed E-state index contributed by atoms with van der Waals surface area (Å²) < 4.78 is 64.7. The molecule has 134 valence electrons. The van der Waals surface area contributed by atoms with E-state index in [1.807, 2.05) is 0 Å². The van der Waals surface area contributed by atoms with E-state index in [-0.39, 0.29) is 10.1 Å². The highest BCUT2D eigenvalue weighted by Gasteiger charge is 2.30. The van der Waals surface area contributed by atoms with Crippen molar-refractivity contribution in [3.63, 3.8) is 0 Å². The van der Waals surface area contributed by atoms with Gasteiger partial charge in [0.1, 0.15) is 13.2 Å². The van der Waals surface area contributed by atoms with Crippen molar-refractivity contribution in [3.8, 4) is 0 Å². The minimum absolute atomic E-state index is 0.181. The lowest BCUT2D eigenvalue weighted by atomic mass is 10.3. The molecule has 0 bridgehead atoms. The van der Waals surface area contributed by atoms with Crippen LogP contribution in [0.1, 0.15) is 25.7 Å². The highest BCUT2D eigenvalue weighted by Crippen LogP contribution is 2.30. The molecular formula is C15H18F3NO4S. The fourth-order valence-corrected chi connectivity index (χ4v) is 4.43. The van der Waals surface area contributed by atoms with Crippen molar-refractivity contribution in [1.29, 1.82) is 0 Å². The molecule has 0 saturated heterocycles. The van der Waals surface area contributed by atoms with E-state index in [2.05, 4.69) is 10.1 Å². The van der Waals surface area contributed by atoms with E-state index < -0.39 is 35.1 Å². The van der Waals surface area contributed by atoms with Crippen molar-refractivity contribution in [2.24, 2.45) is 0 Å². The van der Waals surface area contributed by atoms with Crippen LogP contribution in [0, 0.1) is 0 Å². The fourth-order valence-electron chi connectivity index (χ4n) is 2.58. The number of hydrogen-bond acceptors (Lipinski definition) is 4. The quantitative estimate of drug-likeness (QED) is 0.841. The SMILES string of the molecule is O=C(COCC(F)(F)F)Nc1ccc(S(=O)(=O)C2CCCC2)cc1. The van der Waals surface area contributed by atoms with Crippen LogP contribution in [-0.4, -0.2) is 39.0 Å². The number of rotatable bonds is 6. The Balaban J connectivity index is 1.91. The molecule has 9 heteroatoms. The molecule has 1 aromatic rings. The van der Waals surface area contributed by atoms with E-state index in [1.165, 1.54) is 24.3 Å². The molecule has 0 spiro atoms. The minimum atomic E-state index is -4.49. The number of alkyl halides is 3. The predicted molar refractivity (Wildman–Crippen MR) is 81.4 cm³/mol. The lowest BCUT2D eigenvalue weighted by molar-refractivity contribution is -0.174. The summed E-state index contributed by atoms with van der Waals surface area (Å²) in [5.41, 5.74) is 0.293. The molecule has 1 amide bonds. The van der Waals surface area contributed by atoms with Crippen LogP contribution < -0.4 is 5.32 Å². The smallest absolute Gasteiger partial charge is 0.362 e. The number of benzene rings is 1. The monoisotopic (exact) mass is 365 g/mol. The van der Waals surface area contributed by atoms with Gasteiger partial charge in [-0.25, -0.2) is 8.42 Å². The molecule has 1 aliphatic carbocycles. The zero-order chi connectivity index (χ0) is 17.8. The van der Waals surface area contributed by atoms with Crippen LogP contribution in [0.5, 0.6) is 0 Å². The average Bonchev–Trinajstić information content (AvgIpc) is 3.01. The summed E-state index contributed by atoms with van der Waals surface area (Å²) in [5, 5.41) is 1.98. The van der Waals surface area contributed by atoms with Crippen molar-refractivity contribution >= 4 is 21.4 Å². The summed E-state index contributed by atoms with van der Waals surface area (Å²) in [7, 11) is -3.38. The lowest BCUT2D eigenvalue weighted by Crippen LogP contribution is -2.24. The van der Waals surface area contributed by atoms with Gasteiger partial charge in [0.2, 0.25) is 5.91 Å². The van der Waals surface area contributed by atoms with Gasteiger partial charge in [-0.3, -0.25) is 4.79 Å². The number of nitrogens with one attached hydrogen (secondary N) is 1. The van der Waals surface area contributed by atoms with Gasteiger partial charge in [-0.15, -0.1) is 0 Å². The van der Waals surface area contributed by atoms with Gasteiger partial charge < -0.3 is 10.1 Å². The summed E-state index contributed by atoms with van der Waals surface area (Å²) in [6, 6.07) is 5.59. The Hall–Kier alpha value is -1.61. The summed E-state index contributed by atoms with van der Waals surface area (Å²) in [6.45, 7) is -2.24. The molecule has 1 aliphatic rings. The van der Waals surface area contributed by atoms with Crippen molar-refractivity contribution in [2.45, 2.75) is 42.0 Å². The van der Waals surface area contributed by atoms with Gasteiger partial charge in [0.15, 0.2) is 9.84 Å². The highest BCUT2D eigenvalue weighted by molar-refractivity contribution is 7.92. The number of carbonyl (C=O) groups excluding carboxylic acids is 1. The van der Waals surface area contributed by atoms with Crippen molar-refractivity contribution < 1.29 is 31.1 Å². The van der Waals surface area contributed by atoms with E-state index in [0.29, 0.717) is 18.5 Å². The Morgan fingerprint density at radius 2 is 1.75 bits per heavy atom. The molecule has 2 rings (SSSR count). The van der Waals surface area contributed by atoms with E-state index in [0.717, 1.165) is 12.8 Å². The second-order valence-corrected chi connectivity index (χ2v) is 7.86. The Morgan fingerprint density at radius 3 is 2.29 bits per heavy atom. The van der Waals surface area contributed by atoms with Crippen LogP contribution in [0.3, 0.4) is 0 Å². The molecule has 5 nitrogen and oxygen atoms in total. The van der Waals surface area contributed by atoms with E-state index in [9.17, 15) is 26.4 Å². The molecule has 1 N–H and O–H groups in total. The van der Waals surface area contributed by atoms with Crippen LogP contribution >= 0.6 is 0 Å². The number of hydrogen-bond donors (Lipinski definition) is 1. The van der Waals surface area contributed by atoms with E-state index in [4.69, 9.17) is 0 Å². The first-order valence-corrected chi connectivity index (χ1v) is 9.01. The third-order valence-corrected chi connectivity index (χ3v) is 5.98. The first-order chi connectivity index (χ1) is 11.2. The summed E-state index contributed by atoms with van der Waals surface area (Å²) >= 11 is 0.